The summed E-state index contributed by atoms with van der Waals surface area (Å²) >= 11 is 0. The van der Waals surface area contributed by atoms with Crippen LogP contribution in [-0.4, -0.2) is 15.2 Å². The second-order valence-electron chi connectivity index (χ2n) is 2.97. The van der Waals surface area contributed by atoms with Crippen LogP contribution in [0.5, 0.6) is 0 Å². The van der Waals surface area contributed by atoms with Crippen molar-refractivity contribution in [1.29, 1.82) is 0 Å². The number of nitrogens with zero attached hydrogens (tertiary/aromatic N) is 2. The molecule has 2 rings (SSSR count). The van der Waals surface area contributed by atoms with Gasteiger partial charge < -0.3 is 5.43 Å². The minimum absolute atomic E-state index is 0.700. The Bertz CT molecular complexity index is 417. The van der Waals surface area contributed by atoms with E-state index in [1.165, 1.54) is 0 Å². The first-order chi connectivity index (χ1) is 6.79. The van der Waals surface area contributed by atoms with Crippen LogP contribution in [0.1, 0.15) is 5.82 Å². The van der Waals surface area contributed by atoms with Crippen LogP contribution in [0.3, 0.4) is 0 Å². The molecule has 1 aromatic heterocycles. The summed E-state index contributed by atoms with van der Waals surface area (Å²) in [5, 5.41) is 6.85. The number of aryl methyl sites for hydroxylation is 1. The van der Waals surface area contributed by atoms with Crippen molar-refractivity contribution < 1.29 is 0 Å². The van der Waals surface area contributed by atoms with Crippen molar-refractivity contribution in [3.63, 3.8) is 0 Å². The van der Waals surface area contributed by atoms with E-state index in [-0.39, 0.29) is 0 Å². The minimum atomic E-state index is 0.700. The largest absolute Gasteiger partial charge is 0.324 e. The van der Waals surface area contributed by atoms with Crippen molar-refractivity contribution in [2.75, 3.05) is 5.43 Å². The summed E-state index contributed by atoms with van der Waals surface area (Å²) in [6, 6.07) is 7.58. The quantitative estimate of drug-likeness (QED) is 0.487. The summed E-state index contributed by atoms with van der Waals surface area (Å²) in [5.41, 5.74) is 4.39. The Hall–Kier alpha value is -1.88. The van der Waals surface area contributed by atoms with Crippen LogP contribution in [-0.2, 0) is 0 Å². The number of aromatic nitrogens is 3. The van der Waals surface area contributed by atoms with E-state index >= 15 is 0 Å². The second-order valence-corrected chi connectivity index (χ2v) is 2.97. The van der Waals surface area contributed by atoms with E-state index in [0.717, 1.165) is 17.1 Å². The molecule has 4 N–H and O–H groups in total. The number of hydrogen-bond donors (Lipinski definition) is 3. The summed E-state index contributed by atoms with van der Waals surface area (Å²) in [6.07, 6.45) is 0. The zero-order chi connectivity index (χ0) is 9.97. The number of nitrogen functional groups attached to an aromatic ring is 1. The molecule has 0 fully saturated rings. The van der Waals surface area contributed by atoms with Crippen LogP contribution in [0.25, 0.3) is 11.4 Å². The predicted octanol–water partition coefficient (Wildman–Crippen LogP) is 1.07. The standard InChI is InChI=1S/C9H11N5/c1-6-11-9(14-13-6)7-2-4-8(12-10)5-3-7/h2-5,12H,10H2,1H3,(H,11,13,14). The molecular formula is C9H11N5. The fourth-order valence-corrected chi connectivity index (χ4v) is 1.19. The number of nitrogens with one attached hydrogen (secondary N) is 2. The number of hydrazine groups is 1. The van der Waals surface area contributed by atoms with Crippen molar-refractivity contribution in [3.8, 4) is 11.4 Å². The molecule has 5 nitrogen and oxygen atoms in total. The Morgan fingerprint density at radius 1 is 1.29 bits per heavy atom. The Morgan fingerprint density at radius 3 is 2.50 bits per heavy atom. The lowest BCUT2D eigenvalue weighted by atomic mass is 10.2. The molecule has 0 spiro atoms. The highest BCUT2D eigenvalue weighted by molar-refractivity contribution is 5.59. The zero-order valence-electron chi connectivity index (χ0n) is 7.78. The molecule has 0 bridgehead atoms. The number of anilines is 1. The van der Waals surface area contributed by atoms with E-state index in [4.69, 9.17) is 5.84 Å². The summed E-state index contributed by atoms with van der Waals surface area (Å²) in [7, 11) is 0. The predicted molar refractivity (Wildman–Crippen MR) is 54.4 cm³/mol. The number of aromatic amines is 1. The molecule has 0 aliphatic heterocycles. The highest BCUT2D eigenvalue weighted by Gasteiger charge is 2.02. The van der Waals surface area contributed by atoms with E-state index in [2.05, 4.69) is 20.6 Å². The van der Waals surface area contributed by atoms with Crippen molar-refractivity contribution in [2.45, 2.75) is 6.92 Å². The van der Waals surface area contributed by atoms with Gasteiger partial charge in [0.25, 0.3) is 0 Å². The Morgan fingerprint density at radius 2 is 2.00 bits per heavy atom. The molecule has 0 unspecified atom stereocenters. The second kappa shape index (κ2) is 3.47. The van der Waals surface area contributed by atoms with Crippen LogP contribution < -0.4 is 11.3 Å². The molecule has 0 saturated heterocycles. The molecule has 72 valence electrons. The van der Waals surface area contributed by atoms with Gasteiger partial charge in [0.05, 0.1) is 0 Å². The van der Waals surface area contributed by atoms with E-state index in [0.29, 0.717) is 5.82 Å². The highest BCUT2D eigenvalue weighted by Crippen LogP contribution is 2.16. The third kappa shape index (κ3) is 1.57. The minimum Gasteiger partial charge on any atom is -0.324 e. The van der Waals surface area contributed by atoms with Crippen molar-refractivity contribution in [2.24, 2.45) is 5.84 Å². The molecule has 0 aliphatic rings. The molecule has 14 heavy (non-hydrogen) atoms. The van der Waals surface area contributed by atoms with Crippen molar-refractivity contribution in [1.82, 2.24) is 15.2 Å². The average Bonchev–Trinajstić information content (AvgIpc) is 2.65. The van der Waals surface area contributed by atoms with Crippen molar-refractivity contribution >= 4 is 5.69 Å². The van der Waals surface area contributed by atoms with Gasteiger partial charge in [-0.1, -0.05) is 0 Å². The molecule has 5 heteroatoms. The topological polar surface area (TPSA) is 79.6 Å². The molecular weight excluding hydrogens is 178 g/mol. The summed E-state index contributed by atoms with van der Waals surface area (Å²) in [5.74, 6) is 6.76. The number of H-pyrrole nitrogens is 1. The molecule has 0 atom stereocenters. The Kier molecular flexibility index (Phi) is 2.16. The van der Waals surface area contributed by atoms with Crippen LogP contribution in [0.2, 0.25) is 0 Å². The van der Waals surface area contributed by atoms with Crippen LogP contribution in [0, 0.1) is 6.92 Å². The van der Waals surface area contributed by atoms with Gasteiger partial charge in [-0.3, -0.25) is 10.9 Å². The Balaban J connectivity index is 2.33. The SMILES string of the molecule is Cc1nc(-c2ccc(NN)cc2)n[nH]1. The van der Waals surface area contributed by atoms with E-state index in [9.17, 15) is 0 Å². The number of nitrogens with two attached hydrogens (primary N) is 1. The van der Waals surface area contributed by atoms with Crippen LogP contribution >= 0.6 is 0 Å². The van der Waals surface area contributed by atoms with Gasteiger partial charge in [-0.2, -0.15) is 5.10 Å². The molecule has 2 aromatic rings. The summed E-state index contributed by atoms with van der Waals surface area (Å²) in [4.78, 5) is 4.22. The van der Waals surface area contributed by atoms with Crippen LogP contribution in [0.15, 0.2) is 24.3 Å². The van der Waals surface area contributed by atoms with Crippen LogP contribution in [0.4, 0.5) is 5.69 Å². The smallest absolute Gasteiger partial charge is 0.181 e. The first kappa shape index (κ1) is 8.71. The summed E-state index contributed by atoms with van der Waals surface area (Å²) in [6.45, 7) is 1.87. The number of hydrogen-bond acceptors (Lipinski definition) is 4. The van der Waals surface area contributed by atoms with Crippen molar-refractivity contribution in [3.05, 3.63) is 30.1 Å². The third-order valence-corrected chi connectivity index (χ3v) is 1.91. The first-order valence-electron chi connectivity index (χ1n) is 4.25. The maximum Gasteiger partial charge on any atom is 0.181 e. The lowest BCUT2D eigenvalue weighted by Crippen LogP contribution is -2.05. The van der Waals surface area contributed by atoms with Gasteiger partial charge in [-0.15, -0.1) is 0 Å². The van der Waals surface area contributed by atoms with Gasteiger partial charge >= 0.3 is 0 Å². The maximum atomic E-state index is 5.26. The molecule has 0 saturated carbocycles. The fraction of sp³-hybridized carbons (Fsp3) is 0.111. The van der Waals surface area contributed by atoms with Gasteiger partial charge in [0.15, 0.2) is 5.82 Å². The zero-order valence-corrected chi connectivity index (χ0v) is 7.78. The lowest BCUT2D eigenvalue weighted by Gasteiger charge is -1.99. The van der Waals surface area contributed by atoms with E-state index < -0.39 is 0 Å². The van der Waals surface area contributed by atoms with E-state index in [1.54, 1.807) is 0 Å². The van der Waals surface area contributed by atoms with E-state index in [1.807, 2.05) is 31.2 Å². The molecule has 0 radical (unpaired) electrons. The van der Waals surface area contributed by atoms with Gasteiger partial charge in [0, 0.05) is 11.3 Å². The Labute approximate surface area is 81.3 Å². The van der Waals surface area contributed by atoms with Gasteiger partial charge in [-0.25, -0.2) is 4.98 Å². The highest BCUT2D eigenvalue weighted by atomic mass is 15.2. The van der Waals surface area contributed by atoms with Gasteiger partial charge in [0.2, 0.25) is 0 Å². The third-order valence-electron chi connectivity index (χ3n) is 1.91. The maximum absolute atomic E-state index is 5.26. The number of rotatable bonds is 2. The molecule has 1 heterocycles. The summed E-state index contributed by atoms with van der Waals surface area (Å²) < 4.78 is 0. The average molecular weight is 189 g/mol. The lowest BCUT2D eigenvalue weighted by molar-refractivity contribution is 1.04. The first-order valence-corrected chi connectivity index (χ1v) is 4.25. The number of benzene rings is 1. The monoisotopic (exact) mass is 189 g/mol. The molecule has 0 aliphatic carbocycles. The molecule has 0 amide bonds. The fourth-order valence-electron chi connectivity index (χ4n) is 1.19. The normalized spacial score (nSPS) is 10.1. The van der Waals surface area contributed by atoms with Gasteiger partial charge in [0.1, 0.15) is 5.82 Å². The van der Waals surface area contributed by atoms with Gasteiger partial charge in [-0.05, 0) is 31.2 Å². The molecule has 1 aromatic carbocycles.